The highest BCUT2D eigenvalue weighted by atomic mass is 16.5. The van der Waals surface area contributed by atoms with Gasteiger partial charge in [0.15, 0.2) is 0 Å². The summed E-state index contributed by atoms with van der Waals surface area (Å²) in [4.78, 5) is 31.2. The summed E-state index contributed by atoms with van der Waals surface area (Å²) in [7, 11) is 0. The van der Waals surface area contributed by atoms with Gasteiger partial charge in [0.25, 0.3) is 0 Å². The molecule has 4 rings (SSSR count). The Hall–Kier alpha value is -3.48. The molecule has 29 heavy (non-hydrogen) atoms. The van der Waals surface area contributed by atoms with E-state index in [1.807, 2.05) is 44.2 Å². The summed E-state index contributed by atoms with van der Waals surface area (Å²) in [6.07, 6.45) is 0.197. The molecule has 1 atom stereocenters. The van der Waals surface area contributed by atoms with Crippen molar-refractivity contribution < 1.29 is 14.1 Å². The molecule has 3 aromatic rings. The number of amides is 2. The lowest BCUT2D eigenvalue weighted by Gasteiger charge is -2.18. The zero-order chi connectivity index (χ0) is 20.5. The third-order valence-corrected chi connectivity index (χ3v) is 5.21. The van der Waals surface area contributed by atoms with Crippen LogP contribution in [0, 0.1) is 26.7 Å². The second-order valence-corrected chi connectivity index (χ2v) is 7.38. The topological polar surface area (TPSA) is 88.3 Å². The molecule has 7 heteroatoms. The number of aromatic nitrogens is 2. The molecule has 0 aliphatic carbocycles. The first-order valence-corrected chi connectivity index (χ1v) is 9.50. The summed E-state index contributed by atoms with van der Waals surface area (Å²) in [5, 5.41) is 6.81. The van der Waals surface area contributed by atoms with E-state index in [2.05, 4.69) is 15.5 Å². The molecule has 148 valence electrons. The molecule has 2 amide bonds. The van der Waals surface area contributed by atoms with Gasteiger partial charge in [0.05, 0.1) is 5.92 Å². The maximum atomic E-state index is 12.8. The van der Waals surface area contributed by atoms with E-state index in [1.54, 1.807) is 24.0 Å². The molecule has 1 aromatic heterocycles. The van der Waals surface area contributed by atoms with Crippen LogP contribution in [0.2, 0.25) is 0 Å². The van der Waals surface area contributed by atoms with Crippen molar-refractivity contribution in [3.8, 4) is 11.4 Å². The van der Waals surface area contributed by atoms with Gasteiger partial charge in [-0.05, 0) is 49.2 Å². The number of benzene rings is 2. The van der Waals surface area contributed by atoms with Crippen LogP contribution < -0.4 is 10.2 Å². The van der Waals surface area contributed by atoms with Crippen molar-refractivity contribution in [1.29, 1.82) is 0 Å². The van der Waals surface area contributed by atoms with Crippen LogP contribution in [0.1, 0.15) is 23.4 Å². The molecular weight excluding hydrogens is 368 g/mol. The predicted molar refractivity (Wildman–Crippen MR) is 109 cm³/mol. The highest BCUT2D eigenvalue weighted by molar-refractivity contribution is 6.03. The Morgan fingerprint density at radius 1 is 1.14 bits per heavy atom. The first-order chi connectivity index (χ1) is 13.9. The summed E-state index contributed by atoms with van der Waals surface area (Å²) in [6.45, 7) is 6.14. The lowest BCUT2D eigenvalue weighted by Crippen LogP contribution is -2.28. The number of nitrogens with zero attached hydrogens (tertiary/aromatic N) is 3. The van der Waals surface area contributed by atoms with Crippen molar-refractivity contribution in [2.45, 2.75) is 27.2 Å². The number of hydrogen-bond donors (Lipinski definition) is 1. The first-order valence-electron chi connectivity index (χ1n) is 9.50. The Morgan fingerprint density at radius 2 is 1.97 bits per heavy atom. The Balaban J connectivity index is 1.47. The minimum Gasteiger partial charge on any atom is -0.339 e. The molecular formula is C22H22N4O3. The van der Waals surface area contributed by atoms with Crippen molar-refractivity contribution in [2.24, 2.45) is 5.92 Å². The van der Waals surface area contributed by atoms with E-state index in [9.17, 15) is 9.59 Å². The molecule has 0 saturated carbocycles. The molecule has 0 radical (unpaired) electrons. The van der Waals surface area contributed by atoms with Crippen LogP contribution in [-0.2, 0) is 9.59 Å². The van der Waals surface area contributed by atoms with Crippen LogP contribution in [0.15, 0.2) is 47.0 Å². The van der Waals surface area contributed by atoms with Gasteiger partial charge >= 0.3 is 0 Å². The monoisotopic (exact) mass is 390 g/mol. The predicted octanol–water partition coefficient (Wildman–Crippen LogP) is 3.65. The van der Waals surface area contributed by atoms with Gasteiger partial charge in [-0.3, -0.25) is 9.59 Å². The first kappa shape index (κ1) is 18.9. The average Bonchev–Trinajstić information content (AvgIpc) is 3.30. The van der Waals surface area contributed by atoms with Gasteiger partial charge < -0.3 is 14.7 Å². The van der Waals surface area contributed by atoms with Crippen molar-refractivity contribution in [1.82, 2.24) is 10.1 Å². The van der Waals surface area contributed by atoms with Gasteiger partial charge in [-0.15, -0.1) is 0 Å². The van der Waals surface area contributed by atoms with Crippen LogP contribution in [0.3, 0.4) is 0 Å². The number of carbonyl (C=O) groups is 2. The summed E-state index contributed by atoms with van der Waals surface area (Å²) in [5.41, 5.74) is 4.51. The molecule has 7 nitrogen and oxygen atoms in total. The van der Waals surface area contributed by atoms with Crippen molar-refractivity contribution >= 4 is 23.2 Å². The van der Waals surface area contributed by atoms with Gasteiger partial charge in [-0.2, -0.15) is 4.98 Å². The van der Waals surface area contributed by atoms with E-state index < -0.39 is 5.92 Å². The molecule has 1 aliphatic rings. The molecule has 1 aliphatic heterocycles. The second-order valence-electron chi connectivity index (χ2n) is 7.38. The second kappa shape index (κ2) is 7.50. The largest absolute Gasteiger partial charge is 0.339 e. The van der Waals surface area contributed by atoms with E-state index in [0.29, 0.717) is 23.9 Å². The Labute approximate surface area is 168 Å². The molecule has 1 fully saturated rings. The SMILES string of the molecule is Cc1nc(-c2cccc(NC(=O)C3CC(=O)N(c4ccc(C)c(C)c4)C3)c2)no1. The summed E-state index contributed by atoms with van der Waals surface area (Å²) >= 11 is 0. The van der Waals surface area contributed by atoms with E-state index >= 15 is 0 Å². The number of hydrogen-bond acceptors (Lipinski definition) is 5. The van der Waals surface area contributed by atoms with Crippen molar-refractivity contribution in [3.63, 3.8) is 0 Å². The number of carbonyl (C=O) groups excluding carboxylic acids is 2. The number of nitrogens with one attached hydrogen (secondary N) is 1. The summed E-state index contributed by atoms with van der Waals surface area (Å²) < 4.78 is 5.01. The van der Waals surface area contributed by atoms with Crippen LogP contribution in [-0.4, -0.2) is 28.5 Å². The van der Waals surface area contributed by atoms with Crippen molar-refractivity contribution in [2.75, 3.05) is 16.8 Å². The Bertz CT molecular complexity index is 1090. The average molecular weight is 390 g/mol. The highest BCUT2D eigenvalue weighted by Crippen LogP contribution is 2.28. The zero-order valence-electron chi connectivity index (χ0n) is 16.6. The number of rotatable bonds is 4. The highest BCUT2D eigenvalue weighted by Gasteiger charge is 2.35. The molecule has 2 aromatic carbocycles. The Morgan fingerprint density at radius 3 is 2.69 bits per heavy atom. The molecule has 1 saturated heterocycles. The summed E-state index contributed by atoms with van der Waals surface area (Å²) in [5.74, 6) is 0.330. The van der Waals surface area contributed by atoms with E-state index in [4.69, 9.17) is 4.52 Å². The quantitative estimate of drug-likeness (QED) is 0.735. The van der Waals surface area contributed by atoms with Gasteiger partial charge in [0, 0.05) is 36.8 Å². The smallest absolute Gasteiger partial charge is 0.229 e. The molecule has 1 N–H and O–H groups in total. The fraction of sp³-hybridized carbons (Fsp3) is 0.273. The lowest BCUT2D eigenvalue weighted by molar-refractivity contribution is -0.122. The molecule has 0 bridgehead atoms. The maximum absolute atomic E-state index is 12.8. The minimum atomic E-state index is -0.403. The normalized spacial score (nSPS) is 16.3. The van der Waals surface area contributed by atoms with Gasteiger partial charge in [-0.25, -0.2) is 0 Å². The van der Waals surface area contributed by atoms with E-state index in [1.165, 1.54) is 5.56 Å². The van der Waals surface area contributed by atoms with Crippen LogP contribution in [0.25, 0.3) is 11.4 Å². The van der Waals surface area contributed by atoms with Gasteiger partial charge in [0.2, 0.25) is 23.5 Å². The lowest BCUT2D eigenvalue weighted by atomic mass is 10.1. The fourth-order valence-electron chi connectivity index (χ4n) is 3.42. The minimum absolute atomic E-state index is 0.0376. The Kier molecular flexibility index (Phi) is 4.88. The molecule has 0 spiro atoms. The third kappa shape index (κ3) is 3.89. The third-order valence-electron chi connectivity index (χ3n) is 5.21. The standard InChI is InChI=1S/C22H22N4O3/c1-13-7-8-19(9-14(13)2)26-12-17(11-20(26)27)22(28)24-18-6-4-5-16(10-18)21-23-15(3)29-25-21/h4-10,17H,11-12H2,1-3H3,(H,24,28). The van der Waals surface area contributed by atoms with Gasteiger partial charge in [0.1, 0.15) is 0 Å². The van der Waals surface area contributed by atoms with Crippen LogP contribution >= 0.6 is 0 Å². The van der Waals surface area contributed by atoms with Crippen molar-refractivity contribution in [3.05, 3.63) is 59.5 Å². The molecule has 1 unspecified atom stereocenters. The maximum Gasteiger partial charge on any atom is 0.229 e. The van der Waals surface area contributed by atoms with Crippen LogP contribution in [0.5, 0.6) is 0 Å². The number of anilines is 2. The molecule has 2 heterocycles. The van der Waals surface area contributed by atoms with Gasteiger partial charge in [-0.1, -0.05) is 23.4 Å². The summed E-state index contributed by atoms with van der Waals surface area (Å²) in [6, 6.07) is 13.2. The zero-order valence-corrected chi connectivity index (χ0v) is 16.6. The number of aryl methyl sites for hydroxylation is 3. The van der Waals surface area contributed by atoms with Crippen LogP contribution in [0.4, 0.5) is 11.4 Å². The fourth-order valence-corrected chi connectivity index (χ4v) is 3.42. The van der Waals surface area contributed by atoms with E-state index in [0.717, 1.165) is 16.8 Å². The van der Waals surface area contributed by atoms with E-state index in [-0.39, 0.29) is 18.2 Å².